The van der Waals surface area contributed by atoms with E-state index in [1.807, 2.05) is 0 Å². The van der Waals surface area contributed by atoms with Gasteiger partial charge in [-0.25, -0.2) is 4.72 Å². The molecule has 4 nitrogen and oxygen atoms in total. The Morgan fingerprint density at radius 1 is 1.23 bits per heavy atom. The minimum absolute atomic E-state index is 0.457. The van der Waals surface area contributed by atoms with Gasteiger partial charge in [0.2, 0.25) is 0 Å². The molecular formula is C7H15BrN2O2S. The van der Waals surface area contributed by atoms with Crippen LogP contribution >= 0.6 is 15.9 Å². The average molecular weight is 271 g/mol. The maximum Gasteiger partial charge on any atom is 0.279 e. The third-order valence-corrected chi connectivity index (χ3v) is 4.04. The first-order valence-corrected chi connectivity index (χ1v) is 7.03. The lowest BCUT2D eigenvalue weighted by Gasteiger charge is -2.25. The normalized spacial score (nSPS) is 20.4. The van der Waals surface area contributed by atoms with Crippen LogP contribution in [-0.4, -0.2) is 37.7 Å². The fourth-order valence-corrected chi connectivity index (χ4v) is 3.11. The maximum atomic E-state index is 11.5. The van der Waals surface area contributed by atoms with Crippen molar-refractivity contribution in [3.8, 4) is 0 Å². The summed E-state index contributed by atoms with van der Waals surface area (Å²) >= 11 is 3.18. The highest BCUT2D eigenvalue weighted by atomic mass is 79.9. The molecule has 0 aliphatic carbocycles. The van der Waals surface area contributed by atoms with E-state index in [0.29, 0.717) is 25.0 Å². The predicted octanol–water partition coefficient (Wildman–Crippen LogP) is 0.702. The van der Waals surface area contributed by atoms with Crippen molar-refractivity contribution in [2.24, 2.45) is 0 Å². The Morgan fingerprint density at radius 3 is 2.38 bits per heavy atom. The molecule has 78 valence electrons. The molecule has 0 bridgehead atoms. The van der Waals surface area contributed by atoms with Crippen molar-refractivity contribution < 1.29 is 8.42 Å². The zero-order valence-electron chi connectivity index (χ0n) is 7.50. The highest BCUT2D eigenvalue weighted by Gasteiger charge is 2.22. The number of nitrogens with one attached hydrogen (secondary N) is 1. The fourth-order valence-electron chi connectivity index (χ4n) is 1.36. The molecule has 1 aliphatic rings. The van der Waals surface area contributed by atoms with Gasteiger partial charge in [-0.3, -0.25) is 0 Å². The Kier molecular flexibility index (Phi) is 4.64. The second kappa shape index (κ2) is 5.29. The van der Waals surface area contributed by atoms with Gasteiger partial charge in [-0.2, -0.15) is 12.7 Å². The van der Waals surface area contributed by atoms with Crippen molar-refractivity contribution in [3.63, 3.8) is 0 Å². The molecule has 0 unspecified atom stereocenters. The van der Waals surface area contributed by atoms with E-state index >= 15 is 0 Å². The van der Waals surface area contributed by atoms with Crippen LogP contribution in [0, 0.1) is 0 Å². The topological polar surface area (TPSA) is 49.4 Å². The molecule has 0 radical (unpaired) electrons. The molecule has 1 N–H and O–H groups in total. The van der Waals surface area contributed by atoms with Gasteiger partial charge in [0.15, 0.2) is 0 Å². The zero-order valence-corrected chi connectivity index (χ0v) is 9.90. The summed E-state index contributed by atoms with van der Waals surface area (Å²) in [6, 6.07) is 0. The minimum atomic E-state index is -3.19. The van der Waals surface area contributed by atoms with Gasteiger partial charge in [0.05, 0.1) is 0 Å². The predicted molar refractivity (Wildman–Crippen MR) is 56.1 cm³/mol. The Balaban J connectivity index is 2.47. The molecule has 0 amide bonds. The van der Waals surface area contributed by atoms with Gasteiger partial charge in [-0.15, -0.1) is 0 Å². The lowest BCUT2D eigenvalue weighted by atomic mass is 10.2. The third-order valence-electron chi connectivity index (χ3n) is 2.03. The van der Waals surface area contributed by atoms with E-state index in [-0.39, 0.29) is 0 Å². The SMILES string of the molecule is O=S(=O)(NCCBr)N1CCCCC1. The molecule has 0 aromatic rings. The number of alkyl halides is 1. The van der Waals surface area contributed by atoms with Gasteiger partial charge >= 0.3 is 0 Å². The lowest BCUT2D eigenvalue weighted by Crippen LogP contribution is -2.43. The fraction of sp³-hybridized carbons (Fsp3) is 1.00. The van der Waals surface area contributed by atoms with Crippen molar-refractivity contribution in [2.75, 3.05) is 25.0 Å². The van der Waals surface area contributed by atoms with Crippen LogP contribution in [0.3, 0.4) is 0 Å². The van der Waals surface area contributed by atoms with E-state index in [4.69, 9.17) is 0 Å². The van der Waals surface area contributed by atoms with Gasteiger partial charge < -0.3 is 0 Å². The van der Waals surface area contributed by atoms with Gasteiger partial charge in [-0.1, -0.05) is 22.4 Å². The molecule has 0 atom stereocenters. The summed E-state index contributed by atoms with van der Waals surface area (Å²) in [5.41, 5.74) is 0. The molecule has 13 heavy (non-hydrogen) atoms. The van der Waals surface area contributed by atoms with Gasteiger partial charge in [0.25, 0.3) is 10.2 Å². The molecule has 0 saturated carbocycles. The zero-order chi connectivity index (χ0) is 9.73. The maximum absolute atomic E-state index is 11.5. The second-order valence-electron chi connectivity index (χ2n) is 3.05. The first-order chi connectivity index (χ1) is 6.17. The standard InChI is InChI=1S/C7H15BrN2O2S/c8-4-5-9-13(11,12)10-6-2-1-3-7-10/h9H,1-7H2. The van der Waals surface area contributed by atoms with E-state index in [1.54, 1.807) is 0 Å². The minimum Gasteiger partial charge on any atom is -0.201 e. The molecule has 1 saturated heterocycles. The monoisotopic (exact) mass is 270 g/mol. The summed E-state index contributed by atoms with van der Waals surface area (Å²) in [6.07, 6.45) is 3.11. The molecule has 0 aromatic carbocycles. The number of rotatable bonds is 4. The number of hydrogen-bond donors (Lipinski definition) is 1. The largest absolute Gasteiger partial charge is 0.279 e. The Morgan fingerprint density at radius 2 is 1.85 bits per heavy atom. The van der Waals surface area contributed by atoms with Gasteiger partial charge in [0.1, 0.15) is 0 Å². The van der Waals surface area contributed by atoms with Crippen LogP contribution in [0.25, 0.3) is 0 Å². The Labute approximate surface area is 88.0 Å². The molecule has 1 rings (SSSR count). The number of halogens is 1. The summed E-state index contributed by atoms with van der Waals surface area (Å²) < 4.78 is 27.1. The highest BCUT2D eigenvalue weighted by Crippen LogP contribution is 2.11. The average Bonchev–Trinajstić information content (AvgIpc) is 2.16. The van der Waals surface area contributed by atoms with Crippen molar-refractivity contribution in [1.29, 1.82) is 0 Å². The van der Waals surface area contributed by atoms with E-state index < -0.39 is 10.2 Å². The molecule has 1 fully saturated rings. The van der Waals surface area contributed by atoms with Crippen molar-refractivity contribution in [2.45, 2.75) is 19.3 Å². The van der Waals surface area contributed by atoms with Crippen LogP contribution < -0.4 is 4.72 Å². The third kappa shape index (κ3) is 3.53. The van der Waals surface area contributed by atoms with Crippen molar-refractivity contribution in [1.82, 2.24) is 9.03 Å². The van der Waals surface area contributed by atoms with E-state index in [0.717, 1.165) is 19.3 Å². The summed E-state index contributed by atoms with van der Waals surface area (Å²) in [7, 11) is -3.19. The molecular weight excluding hydrogens is 256 g/mol. The first-order valence-electron chi connectivity index (χ1n) is 4.47. The summed E-state index contributed by atoms with van der Waals surface area (Å²) in [5.74, 6) is 0. The van der Waals surface area contributed by atoms with Crippen molar-refractivity contribution in [3.05, 3.63) is 0 Å². The second-order valence-corrected chi connectivity index (χ2v) is 5.60. The highest BCUT2D eigenvalue weighted by molar-refractivity contribution is 9.09. The summed E-state index contributed by atoms with van der Waals surface area (Å²) in [6.45, 7) is 1.79. The van der Waals surface area contributed by atoms with Crippen LogP contribution in [0.1, 0.15) is 19.3 Å². The number of hydrogen-bond acceptors (Lipinski definition) is 2. The lowest BCUT2D eigenvalue weighted by molar-refractivity contribution is 0.342. The van der Waals surface area contributed by atoms with E-state index in [9.17, 15) is 8.42 Å². The Hall–Kier alpha value is 0.350. The number of piperidine rings is 1. The number of nitrogens with zero attached hydrogens (tertiary/aromatic N) is 1. The van der Waals surface area contributed by atoms with Crippen LogP contribution in [0.4, 0.5) is 0 Å². The Bertz CT molecular complexity index is 237. The molecule has 0 aromatic heterocycles. The molecule has 1 heterocycles. The van der Waals surface area contributed by atoms with E-state index in [1.165, 1.54) is 4.31 Å². The van der Waals surface area contributed by atoms with Crippen LogP contribution in [0.2, 0.25) is 0 Å². The van der Waals surface area contributed by atoms with Gasteiger partial charge in [0, 0.05) is 25.0 Å². The first kappa shape index (κ1) is 11.4. The quantitative estimate of drug-likeness (QED) is 0.765. The smallest absolute Gasteiger partial charge is 0.201 e. The van der Waals surface area contributed by atoms with Crippen molar-refractivity contribution >= 4 is 26.1 Å². The van der Waals surface area contributed by atoms with Crippen LogP contribution in [-0.2, 0) is 10.2 Å². The van der Waals surface area contributed by atoms with Crippen LogP contribution in [0.15, 0.2) is 0 Å². The molecule has 0 spiro atoms. The summed E-state index contributed by atoms with van der Waals surface area (Å²) in [4.78, 5) is 0. The molecule has 1 aliphatic heterocycles. The van der Waals surface area contributed by atoms with Crippen LogP contribution in [0.5, 0.6) is 0 Å². The van der Waals surface area contributed by atoms with E-state index in [2.05, 4.69) is 20.7 Å². The summed E-state index contributed by atoms with van der Waals surface area (Å²) in [5, 5.41) is 0.653. The van der Waals surface area contributed by atoms with Gasteiger partial charge in [-0.05, 0) is 12.8 Å². The molecule has 6 heteroatoms.